The Kier molecular flexibility index (Phi) is 7.55. The Bertz CT molecular complexity index is 1170. The number of hydrogen-bond donors (Lipinski definition) is 2. The summed E-state index contributed by atoms with van der Waals surface area (Å²) in [5, 5.41) is 12.4. The van der Waals surface area contributed by atoms with E-state index in [0.717, 1.165) is 29.7 Å². The van der Waals surface area contributed by atoms with Gasteiger partial charge < -0.3 is 20.1 Å². The average Bonchev–Trinajstić information content (AvgIpc) is 3.51. The monoisotopic (exact) mass is 461 g/mol. The highest BCUT2D eigenvalue weighted by Gasteiger charge is 2.10. The molecule has 33 heavy (non-hydrogen) atoms. The Morgan fingerprint density at radius 2 is 1.94 bits per heavy atom. The number of benzene rings is 2. The van der Waals surface area contributed by atoms with E-state index in [1.807, 2.05) is 18.2 Å². The average molecular weight is 462 g/mol. The van der Waals surface area contributed by atoms with Crippen LogP contribution in [0.3, 0.4) is 0 Å². The van der Waals surface area contributed by atoms with E-state index in [1.54, 1.807) is 22.1 Å². The third-order valence-electron chi connectivity index (χ3n) is 5.42. The van der Waals surface area contributed by atoms with Crippen molar-refractivity contribution in [1.82, 2.24) is 9.55 Å². The van der Waals surface area contributed by atoms with Crippen molar-refractivity contribution in [3.63, 3.8) is 0 Å². The molecule has 0 fully saturated rings. The lowest BCUT2D eigenvalue weighted by Gasteiger charge is -2.14. The van der Waals surface area contributed by atoms with Crippen LogP contribution in [0.1, 0.15) is 34.5 Å². The SMILES string of the molecule is NC(=O)c1cn(CC(O)CCCc2ccccc2OCc2ccc(-c3cccs3)cc2)cn1. The van der Waals surface area contributed by atoms with Gasteiger partial charge in [0.05, 0.1) is 12.4 Å². The fourth-order valence-corrected chi connectivity index (χ4v) is 4.40. The number of ether oxygens (including phenoxy) is 1. The van der Waals surface area contributed by atoms with Crippen molar-refractivity contribution in [3.05, 3.63) is 95.4 Å². The number of aromatic nitrogens is 2. The summed E-state index contributed by atoms with van der Waals surface area (Å²) >= 11 is 1.73. The molecule has 170 valence electrons. The summed E-state index contributed by atoms with van der Waals surface area (Å²) in [5.74, 6) is 0.299. The molecule has 1 amide bonds. The van der Waals surface area contributed by atoms with Crippen LogP contribution in [-0.2, 0) is 19.6 Å². The number of primary amides is 1. The lowest BCUT2D eigenvalue weighted by Crippen LogP contribution is -2.15. The number of para-hydroxylation sites is 1. The van der Waals surface area contributed by atoms with Crippen LogP contribution in [0.25, 0.3) is 10.4 Å². The number of carbonyl (C=O) groups excluding carboxylic acids is 1. The summed E-state index contributed by atoms with van der Waals surface area (Å²) in [7, 11) is 0. The van der Waals surface area contributed by atoms with Gasteiger partial charge >= 0.3 is 0 Å². The maximum Gasteiger partial charge on any atom is 0.268 e. The Balaban J connectivity index is 1.27. The first kappa shape index (κ1) is 22.8. The van der Waals surface area contributed by atoms with Gasteiger partial charge in [-0.25, -0.2) is 4.98 Å². The van der Waals surface area contributed by atoms with Crippen molar-refractivity contribution in [3.8, 4) is 16.2 Å². The Morgan fingerprint density at radius 1 is 1.12 bits per heavy atom. The zero-order chi connectivity index (χ0) is 23.0. The second kappa shape index (κ2) is 10.9. The van der Waals surface area contributed by atoms with Gasteiger partial charge in [0.15, 0.2) is 0 Å². The summed E-state index contributed by atoms with van der Waals surface area (Å²) < 4.78 is 7.80. The van der Waals surface area contributed by atoms with E-state index < -0.39 is 12.0 Å². The first-order chi connectivity index (χ1) is 16.1. The molecule has 2 aromatic heterocycles. The normalized spacial score (nSPS) is 11.9. The highest BCUT2D eigenvalue weighted by molar-refractivity contribution is 7.13. The van der Waals surface area contributed by atoms with E-state index >= 15 is 0 Å². The van der Waals surface area contributed by atoms with Crippen LogP contribution in [0.5, 0.6) is 5.75 Å². The molecule has 0 aliphatic heterocycles. The standard InChI is InChI=1S/C26H27N3O3S/c27-26(31)23-16-29(18-28-23)15-22(30)7-3-6-20-5-1-2-8-24(20)32-17-19-10-12-21(13-11-19)25-9-4-14-33-25/h1-2,4-5,8-14,16,18,22,30H,3,6-7,15,17H2,(H2,27,31). The van der Waals surface area contributed by atoms with Crippen molar-refractivity contribution in [2.75, 3.05) is 0 Å². The Morgan fingerprint density at radius 3 is 2.67 bits per heavy atom. The van der Waals surface area contributed by atoms with Gasteiger partial charge in [-0.3, -0.25) is 4.79 Å². The van der Waals surface area contributed by atoms with Crippen LogP contribution in [0.4, 0.5) is 0 Å². The first-order valence-corrected chi connectivity index (χ1v) is 11.8. The van der Waals surface area contributed by atoms with Crippen LogP contribution in [0.2, 0.25) is 0 Å². The number of nitrogens with two attached hydrogens (primary N) is 1. The van der Waals surface area contributed by atoms with Crippen molar-refractivity contribution in [2.24, 2.45) is 5.73 Å². The van der Waals surface area contributed by atoms with Crippen molar-refractivity contribution in [1.29, 1.82) is 0 Å². The van der Waals surface area contributed by atoms with Gasteiger partial charge in [-0.1, -0.05) is 48.5 Å². The lowest BCUT2D eigenvalue weighted by atomic mass is 10.0. The van der Waals surface area contributed by atoms with E-state index in [9.17, 15) is 9.90 Å². The number of aliphatic hydroxyl groups excluding tert-OH is 1. The maximum absolute atomic E-state index is 11.1. The maximum atomic E-state index is 11.1. The molecule has 0 saturated carbocycles. The zero-order valence-corrected chi connectivity index (χ0v) is 19.1. The van der Waals surface area contributed by atoms with Crippen LogP contribution in [-0.4, -0.2) is 26.7 Å². The molecule has 1 atom stereocenters. The number of imidazole rings is 1. The van der Waals surface area contributed by atoms with E-state index in [0.29, 0.717) is 19.6 Å². The minimum Gasteiger partial charge on any atom is -0.489 e. The number of carbonyl (C=O) groups is 1. The number of amides is 1. The predicted octanol–water partition coefficient (Wildman–Crippen LogP) is 4.67. The highest BCUT2D eigenvalue weighted by atomic mass is 32.1. The third kappa shape index (κ3) is 6.31. The molecule has 2 aromatic carbocycles. The quantitative estimate of drug-likeness (QED) is 0.340. The van der Waals surface area contributed by atoms with Gasteiger partial charge in [-0.2, -0.15) is 0 Å². The molecule has 0 aliphatic carbocycles. The minimum absolute atomic E-state index is 0.203. The topological polar surface area (TPSA) is 90.4 Å². The Hall–Kier alpha value is -3.42. The number of aryl methyl sites for hydroxylation is 1. The van der Waals surface area contributed by atoms with Gasteiger partial charge in [0.1, 0.15) is 18.1 Å². The molecule has 3 N–H and O–H groups in total. The molecule has 0 bridgehead atoms. The Labute approximate surface area is 197 Å². The number of rotatable bonds is 11. The molecule has 1 unspecified atom stereocenters. The largest absolute Gasteiger partial charge is 0.489 e. The van der Waals surface area contributed by atoms with Gasteiger partial charge in [0.25, 0.3) is 5.91 Å². The third-order valence-corrected chi connectivity index (χ3v) is 6.34. The van der Waals surface area contributed by atoms with Crippen LogP contribution in [0, 0.1) is 0 Å². The molecule has 0 radical (unpaired) electrons. The molecule has 7 heteroatoms. The summed E-state index contributed by atoms with van der Waals surface area (Å²) in [5.41, 5.74) is 8.88. The summed E-state index contributed by atoms with van der Waals surface area (Å²) in [6.07, 6.45) is 4.79. The minimum atomic E-state index is -0.571. The van der Waals surface area contributed by atoms with Gasteiger partial charge in [-0.05, 0) is 53.5 Å². The molecule has 4 aromatic rings. The molecule has 0 spiro atoms. The summed E-state index contributed by atoms with van der Waals surface area (Å²) in [6, 6.07) is 20.7. The molecule has 2 heterocycles. The van der Waals surface area contributed by atoms with Crippen LogP contribution >= 0.6 is 11.3 Å². The molecular formula is C26H27N3O3S. The van der Waals surface area contributed by atoms with E-state index in [4.69, 9.17) is 10.5 Å². The number of thiophene rings is 1. The molecule has 0 aliphatic rings. The fourth-order valence-electron chi connectivity index (χ4n) is 3.67. The van der Waals surface area contributed by atoms with Crippen molar-refractivity contribution >= 4 is 17.2 Å². The first-order valence-electron chi connectivity index (χ1n) is 10.9. The molecule has 0 saturated heterocycles. The second-order valence-corrected chi connectivity index (χ2v) is 8.88. The smallest absolute Gasteiger partial charge is 0.268 e. The van der Waals surface area contributed by atoms with Crippen molar-refractivity contribution < 1.29 is 14.6 Å². The van der Waals surface area contributed by atoms with E-state index in [2.05, 4.69) is 52.8 Å². The van der Waals surface area contributed by atoms with Crippen LogP contribution in [0.15, 0.2) is 78.6 Å². The second-order valence-electron chi connectivity index (χ2n) is 7.94. The molecular weight excluding hydrogens is 434 g/mol. The highest BCUT2D eigenvalue weighted by Crippen LogP contribution is 2.26. The van der Waals surface area contributed by atoms with Crippen molar-refractivity contribution in [2.45, 2.75) is 38.5 Å². The van der Waals surface area contributed by atoms with E-state index in [1.165, 1.54) is 16.8 Å². The fraction of sp³-hybridized carbons (Fsp3) is 0.231. The van der Waals surface area contributed by atoms with E-state index in [-0.39, 0.29) is 5.69 Å². The number of aliphatic hydroxyl groups is 1. The van der Waals surface area contributed by atoms with Gasteiger partial charge in [-0.15, -0.1) is 11.3 Å². The number of hydrogen-bond acceptors (Lipinski definition) is 5. The van der Waals surface area contributed by atoms with Crippen LogP contribution < -0.4 is 10.5 Å². The number of nitrogens with zero attached hydrogens (tertiary/aromatic N) is 2. The predicted molar refractivity (Wildman–Crippen MR) is 130 cm³/mol. The lowest BCUT2D eigenvalue weighted by molar-refractivity contribution is 0.0995. The molecule has 4 rings (SSSR count). The molecule has 6 nitrogen and oxygen atoms in total. The van der Waals surface area contributed by atoms with Gasteiger partial charge in [0, 0.05) is 17.6 Å². The summed E-state index contributed by atoms with van der Waals surface area (Å²) in [4.78, 5) is 16.3. The zero-order valence-electron chi connectivity index (χ0n) is 18.3. The van der Waals surface area contributed by atoms with Gasteiger partial charge in [0.2, 0.25) is 0 Å². The summed E-state index contributed by atoms with van der Waals surface area (Å²) in [6.45, 7) is 0.882.